The summed E-state index contributed by atoms with van der Waals surface area (Å²) in [6.07, 6.45) is 1.55. The molecule has 1 fully saturated rings. The minimum Gasteiger partial charge on any atom is -0.493 e. The summed E-state index contributed by atoms with van der Waals surface area (Å²) in [5.41, 5.74) is 2.56. The monoisotopic (exact) mass is 539 g/mol. The van der Waals surface area contributed by atoms with Crippen LogP contribution in [-0.4, -0.2) is 44.7 Å². The highest BCUT2D eigenvalue weighted by molar-refractivity contribution is 8.18. The van der Waals surface area contributed by atoms with Gasteiger partial charge in [0.05, 0.1) is 18.6 Å². The van der Waals surface area contributed by atoms with Crippen LogP contribution in [0.3, 0.4) is 0 Å². The van der Waals surface area contributed by atoms with Crippen molar-refractivity contribution in [2.75, 3.05) is 20.3 Å². The maximum atomic E-state index is 12.8. The minimum absolute atomic E-state index is 0.00147. The SMILES string of the molecule is COc1cc(/C=C2\SC(=O)N(CCOc3ccc(C)cc3)C2=O)ccc1OS(=O)(=O)c1ccc(C)cc1. The molecule has 0 aromatic heterocycles. The van der Waals surface area contributed by atoms with Crippen LogP contribution in [0, 0.1) is 13.8 Å². The fourth-order valence-corrected chi connectivity index (χ4v) is 5.25. The summed E-state index contributed by atoms with van der Waals surface area (Å²) in [6, 6.07) is 18.3. The Hall–Kier alpha value is -3.76. The van der Waals surface area contributed by atoms with Crippen molar-refractivity contribution in [1.82, 2.24) is 4.90 Å². The topological polar surface area (TPSA) is 99.2 Å². The molecular weight excluding hydrogens is 514 g/mol. The molecule has 0 spiro atoms. The van der Waals surface area contributed by atoms with Gasteiger partial charge in [0.25, 0.3) is 11.1 Å². The molecule has 1 saturated heterocycles. The normalized spacial score (nSPS) is 14.8. The Bertz CT molecular complexity index is 1450. The highest BCUT2D eigenvalue weighted by Gasteiger charge is 2.35. The number of carbonyl (C=O) groups excluding carboxylic acids is 2. The van der Waals surface area contributed by atoms with Gasteiger partial charge in [-0.25, -0.2) is 0 Å². The summed E-state index contributed by atoms with van der Waals surface area (Å²) in [6.45, 7) is 4.11. The van der Waals surface area contributed by atoms with Crippen molar-refractivity contribution >= 4 is 39.1 Å². The van der Waals surface area contributed by atoms with Gasteiger partial charge in [0.1, 0.15) is 17.3 Å². The molecule has 0 saturated carbocycles. The number of benzene rings is 3. The molecule has 2 amide bonds. The summed E-state index contributed by atoms with van der Waals surface area (Å²) in [4.78, 5) is 26.6. The van der Waals surface area contributed by atoms with Gasteiger partial charge in [-0.3, -0.25) is 14.5 Å². The molecule has 1 aliphatic rings. The van der Waals surface area contributed by atoms with Crippen LogP contribution in [-0.2, 0) is 14.9 Å². The van der Waals surface area contributed by atoms with Crippen molar-refractivity contribution in [3.8, 4) is 17.2 Å². The van der Waals surface area contributed by atoms with Crippen LogP contribution in [0.2, 0.25) is 0 Å². The predicted octanol–water partition coefficient (Wildman–Crippen LogP) is 5.20. The fraction of sp³-hybridized carbons (Fsp3) is 0.185. The van der Waals surface area contributed by atoms with E-state index in [-0.39, 0.29) is 39.7 Å². The second-order valence-electron chi connectivity index (χ2n) is 8.26. The minimum atomic E-state index is -4.07. The Morgan fingerprint density at radius 2 is 1.54 bits per heavy atom. The van der Waals surface area contributed by atoms with Gasteiger partial charge in [0, 0.05) is 0 Å². The van der Waals surface area contributed by atoms with Crippen LogP contribution in [0.5, 0.6) is 17.2 Å². The first kappa shape index (κ1) is 26.3. The third-order valence-electron chi connectivity index (χ3n) is 5.47. The van der Waals surface area contributed by atoms with Gasteiger partial charge in [-0.2, -0.15) is 8.42 Å². The van der Waals surface area contributed by atoms with E-state index >= 15 is 0 Å². The number of aryl methyl sites for hydroxylation is 2. The van der Waals surface area contributed by atoms with E-state index in [1.54, 1.807) is 24.3 Å². The van der Waals surface area contributed by atoms with E-state index in [9.17, 15) is 18.0 Å². The number of imide groups is 1. The smallest absolute Gasteiger partial charge is 0.339 e. The third kappa shape index (κ3) is 6.33. The first-order valence-corrected chi connectivity index (χ1v) is 13.5. The highest BCUT2D eigenvalue weighted by atomic mass is 32.2. The molecular formula is C27H25NO7S2. The van der Waals surface area contributed by atoms with Crippen LogP contribution in [0.15, 0.2) is 76.5 Å². The van der Waals surface area contributed by atoms with Crippen molar-refractivity contribution in [2.45, 2.75) is 18.7 Å². The number of rotatable bonds is 9. The Kier molecular flexibility index (Phi) is 7.89. The number of hydrogen-bond donors (Lipinski definition) is 0. The van der Waals surface area contributed by atoms with E-state index in [0.717, 1.165) is 27.8 Å². The van der Waals surface area contributed by atoms with E-state index in [4.69, 9.17) is 13.7 Å². The number of nitrogens with zero attached hydrogens (tertiary/aromatic N) is 1. The largest absolute Gasteiger partial charge is 0.493 e. The average molecular weight is 540 g/mol. The number of hydrogen-bond acceptors (Lipinski definition) is 8. The van der Waals surface area contributed by atoms with Gasteiger partial charge in [-0.15, -0.1) is 0 Å². The first-order valence-electron chi connectivity index (χ1n) is 11.3. The van der Waals surface area contributed by atoms with Crippen LogP contribution in [0.4, 0.5) is 4.79 Å². The summed E-state index contributed by atoms with van der Waals surface area (Å²) in [7, 11) is -2.69. The molecule has 4 rings (SSSR count). The highest BCUT2D eigenvalue weighted by Crippen LogP contribution is 2.35. The van der Waals surface area contributed by atoms with Gasteiger partial charge < -0.3 is 13.7 Å². The molecule has 0 atom stereocenters. The lowest BCUT2D eigenvalue weighted by Gasteiger charge is -2.13. The maximum Gasteiger partial charge on any atom is 0.339 e. The molecule has 0 unspecified atom stereocenters. The quantitative estimate of drug-likeness (QED) is 0.270. The molecule has 8 nitrogen and oxygen atoms in total. The molecule has 192 valence electrons. The molecule has 10 heteroatoms. The zero-order valence-electron chi connectivity index (χ0n) is 20.5. The van der Waals surface area contributed by atoms with Crippen LogP contribution < -0.4 is 13.7 Å². The van der Waals surface area contributed by atoms with Gasteiger partial charge in [-0.1, -0.05) is 41.5 Å². The Morgan fingerprint density at radius 3 is 2.19 bits per heavy atom. The number of ether oxygens (including phenoxy) is 2. The molecule has 37 heavy (non-hydrogen) atoms. The number of thioether (sulfide) groups is 1. The lowest BCUT2D eigenvalue weighted by atomic mass is 10.2. The Morgan fingerprint density at radius 1 is 0.892 bits per heavy atom. The molecule has 0 bridgehead atoms. The van der Waals surface area contributed by atoms with Crippen molar-refractivity contribution < 1.29 is 31.7 Å². The molecule has 0 N–H and O–H groups in total. The van der Waals surface area contributed by atoms with Gasteiger partial charge in [0.2, 0.25) is 0 Å². The van der Waals surface area contributed by atoms with Crippen molar-refractivity contribution in [1.29, 1.82) is 0 Å². The van der Waals surface area contributed by atoms with Crippen molar-refractivity contribution in [3.63, 3.8) is 0 Å². The van der Waals surface area contributed by atoms with E-state index in [2.05, 4.69) is 0 Å². The number of carbonyl (C=O) groups is 2. The standard InChI is InChI=1S/C27H25NO7S2/c1-18-4-9-21(10-5-18)34-15-14-28-26(29)25(36-27(28)30)17-20-8-13-23(24(16-20)33-3)35-37(31,32)22-11-6-19(2)7-12-22/h4-13,16-17H,14-15H2,1-3H3/b25-17-. The second-order valence-corrected chi connectivity index (χ2v) is 10.8. The van der Waals surface area contributed by atoms with Crippen LogP contribution >= 0.6 is 11.8 Å². The van der Waals surface area contributed by atoms with Crippen LogP contribution in [0.1, 0.15) is 16.7 Å². The summed E-state index contributed by atoms with van der Waals surface area (Å²) >= 11 is 0.826. The summed E-state index contributed by atoms with van der Waals surface area (Å²) in [5, 5.41) is -0.389. The van der Waals surface area contributed by atoms with Crippen molar-refractivity contribution in [3.05, 3.63) is 88.3 Å². The summed E-state index contributed by atoms with van der Waals surface area (Å²) < 4.78 is 41.6. The molecule has 1 aliphatic heterocycles. The maximum absolute atomic E-state index is 12.8. The van der Waals surface area contributed by atoms with Crippen molar-refractivity contribution in [2.24, 2.45) is 0 Å². The first-order chi connectivity index (χ1) is 17.7. The fourth-order valence-electron chi connectivity index (χ4n) is 3.45. The third-order valence-corrected chi connectivity index (χ3v) is 7.63. The summed E-state index contributed by atoms with van der Waals surface area (Å²) in [5.74, 6) is 0.396. The number of amides is 2. The Labute approximate surface area is 220 Å². The van der Waals surface area contributed by atoms with Gasteiger partial charge in [-0.05, 0) is 73.6 Å². The molecule has 3 aromatic carbocycles. The zero-order valence-corrected chi connectivity index (χ0v) is 22.1. The van der Waals surface area contributed by atoms with Gasteiger partial charge in [0.15, 0.2) is 11.5 Å². The van der Waals surface area contributed by atoms with E-state index in [0.29, 0.717) is 11.3 Å². The zero-order chi connectivity index (χ0) is 26.6. The van der Waals surface area contributed by atoms with Crippen LogP contribution in [0.25, 0.3) is 6.08 Å². The lowest BCUT2D eigenvalue weighted by molar-refractivity contribution is -0.123. The predicted molar refractivity (Wildman–Crippen MR) is 141 cm³/mol. The van der Waals surface area contributed by atoms with E-state index < -0.39 is 16.0 Å². The van der Waals surface area contributed by atoms with E-state index in [1.807, 2.05) is 38.1 Å². The van der Waals surface area contributed by atoms with E-state index in [1.165, 1.54) is 31.4 Å². The second kappa shape index (κ2) is 11.1. The molecule has 0 aliphatic carbocycles. The number of methoxy groups -OCH3 is 1. The molecule has 0 radical (unpaired) electrons. The Balaban J connectivity index is 1.45. The lowest BCUT2D eigenvalue weighted by Crippen LogP contribution is -2.32. The average Bonchev–Trinajstić information content (AvgIpc) is 3.13. The molecule has 1 heterocycles. The molecule has 3 aromatic rings. The van der Waals surface area contributed by atoms with Gasteiger partial charge >= 0.3 is 10.1 Å².